The summed E-state index contributed by atoms with van der Waals surface area (Å²) in [6, 6.07) is 13.0. The van der Waals surface area contributed by atoms with Gasteiger partial charge in [0.2, 0.25) is 0 Å². The van der Waals surface area contributed by atoms with Crippen LogP contribution < -0.4 is 0 Å². The standard InChI is InChI=1S/C17H17FO2S/c1-12-5-3-4-6-15(12)11-21(20)13(2)17(19)14-7-9-16(18)10-8-14/h3-10,13H,11H2,1-2H3. The number of carbonyl (C=O) groups is 1. The zero-order chi connectivity index (χ0) is 15.4. The molecule has 0 amide bonds. The number of benzene rings is 2. The van der Waals surface area contributed by atoms with E-state index in [0.717, 1.165) is 11.1 Å². The molecule has 2 aromatic carbocycles. The van der Waals surface area contributed by atoms with Gasteiger partial charge in [-0.1, -0.05) is 24.3 Å². The van der Waals surface area contributed by atoms with Crippen molar-refractivity contribution in [3.05, 3.63) is 71.0 Å². The van der Waals surface area contributed by atoms with Crippen molar-refractivity contribution in [1.82, 2.24) is 0 Å². The van der Waals surface area contributed by atoms with Crippen LogP contribution in [0, 0.1) is 12.7 Å². The molecule has 2 nitrogen and oxygen atoms in total. The molecular weight excluding hydrogens is 287 g/mol. The zero-order valence-corrected chi connectivity index (χ0v) is 12.8. The minimum absolute atomic E-state index is 0.220. The number of rotatable bonds is 5. The van der Waals surface area contributed by atoms with Crippen molar-refractivity contribution in [2.75, 3.05) is 0 Å². The van der Waals surface area contributed by atoms with Crippen molar-refractivity contribution >= 4 is 16.6 Å². The Kier molecular flexibility index (Phi) is 5.02. The lowest BCUT2D eigenvalue weighted by Gasteiger charge is -2.12. The third-order valence-corrected chi connectivity index (χ3v) is 5.05. The third-order valence-electron chi connectivity index (χ3n) is 3.45. The van der Waals surface area contributed by atoms with Gasteiger partial charge in [-0.05, 0) is 49.2 Å². The van der Waals surface area contributed by atoms with Crippen LogP contribution in [0.2, 0.25) is 0 Å². The van der Waals surface area contributed by atoms with Crippen molar-refractivity contribution in [3.63, 3.8) is 0 Å². The Morgan fingerprint density at radius 1 is 1.14 bits per heavy atom. The smallest absolute Gasteiger partial charge is 0.178 e. The summed E-state index contributed by atoms with van der Waals surface area (Å²) in [6.45, 7) is 3.61. The average Bonchev–Trinajstić information content (AvgIpc) is 2.49. The minimum atomic E-state index is -1.31. The lowest BCUT2D eigenvalue weighted by atomic mass is 10.1. The molecule has 2 atom stereocenters. The molecule has 0 aliphatic rings. The third kappa shape index (κ3) is 3.85. The first-order valence-corrected chi connectivity index (χ1v) is 8.08. The number of hydrogen-bond acceptors (Lipinski definition) is 2. The van der Waals surface area contributed by atoms with Crippen LogP contribution in [0.1, 0.15) is 28.4 Å². The van der Waals surface area contributed by atoms with Crippen molar-refractivity contribution < 1.29 is 13.4 Å². The fourth-order valence-electron chi connectivity index (χ4n) is 2.02. The topological polar surface area (TPSA) is 34.1 Å². The monoisotopic (exact) mass is 304 g/mol. The van der Waals surface area contributed by atoms with Crippen LogP contribution in [0.15, 0.2) is 48.5 Å². The summed E-state index contributed by atoms with van der Waals surface area (Å²) in [6.07, 6.45) is 0. The lowest BCUT2D eigenvalue weighted by molar-refractivity contribution is 0.0992. The van der Waals surface area contributed by atoms with Gasteiger partial charge < -0.3 is 0 Å². The number of ketones is 1. The molecule has 0 saturated heterocycles. The van der Waals surface area contributed by atoms with E-state index in [-0.39, 0.29) is 11.6 Å². The van der Waals surface area contributed by atoms with E-state index in [4.69, 9.17) is 0 Å². The van der Waals surface area contributed by atoms with E-state index in [0.29, 0.717) is 11.3 Å². The van der Waals surface area contributed by atoms with Gasteiger partial charge in [0.05, 0.1) is 5.25 Å². The van der Waals surface area contributed by atoms with Gasteiger partial charge in [-0.2, -0.15) is 0 Å². The predicted molar refractivity (Wildman–Crippen MR) is 83.2 cm³/mol. The molecule has 0 heterocycles. The molecular formula is C17H17FO2S. The van der Waals surface area contributed by atoms with Crippen molar-refractivity contribution in [2.45, 2.75) is 24.9 Å². The molecule has 0 bridgehead atoms. The summed E-state index contributed by atoms with van der Waals surface area (Å²) < 4.78 is 25.2. The van der Waals surface area contributed by atoms with E-state index in [1.54, 1.807) is 6.92 Å². The van der Waals surface area contributed by atoms with Crippen LogP contribution in [0.4, 0.5) is 4.39 Å². The maximum atomic E-state index is 12.9. The predicted octanol–water partition coefficient (Wildman–Crippen LogP) is 3.65. The molecule has 110 valence electrons. The number of hydrogen-bond donors (Lipinski definition) is 0. The lowest BCUT2D eigenvalue weighted by Crippen LogP contribution is -2.24. The molecule has 0 aliphatic carbocycles. The molecule has 0 spiro atoms. The molecule has 2 unspecified atom stereocenters. The summed E-state index contributed by atoms with van der Waals surface area (Å²) in [5.41, 5.74) is 2.43. The highest BCUT2D eigenvalue weighted by atomic mass is 32.2. The molecule has 0 aliphatic heterocycles. The summed E-state index contributed by atoms with van der Waals surface area (Å²) in [7, 11) is -1.31. The number of Topliss-reactive ketones (excluding diaryl/α,β-unsaturated/α-hetero) is 1. The van der Waals surface area contributed by atoms with E-state index < -0.39 is 16.0 Å². The van der Waals surface area contributed by atoms with E-state index >= 15 is 0 Å². The van der Waals surface area contributed by atoms with E-state index in [2.05, 4.69) is 0 Å². The molecule has 0 N–H and O–H groups in total. The van der Waals surface area contributed by atoms with Crippen molar-refractivity contribution in [2.24, 2.45) is 0 Å². The summed E-state index contributed by atoms with van der Waals surface area (Å²) in [4.78, 5) is 12.3. The van der Waals surface area contributed by atoms with Crippen LogP contribution in [0.5, 0.6) is 0 Å². The summed E-state index contributed by atoms with van der Waals surface area (Å²) >= 11 is 0. The van der Waals surface area contributed by atoms with Gasteiger partial charge >= 0.3 is 0 Å². The van der Waals surface area contributed by atoms with Crippen LogP contribution >= 0.6 is 0 Å². The Balaban J connectivity index is 2.10. The quantitative estimate of drug-likeness (QED) is 0.790. The Bertz CT molecular complexity index is 665. The normalized spacial score (nSPS) is 13.7. The maximum Gasteiger partial charge on any atom is 0.178 e. The maximum absolute atomic E-state index is 12.9. The molecule has 2 rings (SSSR count). The first-order chi connectivity index (χ1) is 9.99. The van der Waals surface area contributed by atoms with E-state index in [1.807, 2.05) is 31.2 Å². The van der Waals surface area contributed by atoms with E-state index in [9.17, 15) is 13.4 Å². The minimum Gasteiger partial charge on any atom is -0.293 e. The molecule has 2 aromatic rings. The van der Waals surface area contributed by atoms with Gasteiger partial charge in [0.15, 0.2) is 5.78 Å². The second kappa shape index (κ2) is 6.76. The van der Waals surface area contributed by atoms with Crippen LogP contribution in [-0.2, 0) is 16.6 Å². The molecule has 4 heteroatoms. The zero-order valence-electron chi connectivity index (χ0n) is 12.0. The summed E-state index contributed by atoms with van der Waals surface area (Å²) in [5.74, 6) is -0.261. The first kappa shape index (κ1) is 15.6. The average molecular weight is 304 g/mol. The highest BCUT2D eigenvalue weighted by molar-refractivity contribution is 7.85. The fraction of sp³-hybridized carbons (Fsp3) is 0.235. The fourth-order valence-corrected chi connectivity index (χ4v) is 3.27. The van der Waals surface area contributed by atoms with Gasteiger partial charge in [-0.3, -0.25) is 9.00 Å². The second-order valence-corrected chi connectivity index (χ2v) is 6.72. The van der Waals surface area contributed by atoms with Crippen molar-refractivity contribution in [1.29, 1.82) is 0 Å². The molecule has 0 saturated carbocycles. The Hall–Kier alpha value is -1.81. The highest BCUT2D eigenvalue weighted by Gasteiger charge is 2.22. The number of aryl methyl sites for hydroxylation is 1. The van der Waals surface area contributed by atoms with Gasteiger partial charge in [0.25, 0.3) is 0 Å². The van der Waals surface area contributed by atoms with Crippen molar-refractivity contribution in [3.8, 4) is 0 Å². The van der Waals surface area contributed by atoms with Gasteiger partial charge in [-0.25, -0.2) is 4.39 Å². The second-order valence-electron chi connectivity index (χ2n) is 4.96. The molecule has 21 heavy (non-hydrogen) atoms. The van der Waals surface area contributed by atoms with Crippen LogP contribution in [-0.4, -0.2) is 15.2 Å². The van der Waals surface area contributed by atoms with Gasteiger partial charge in [0.1, 0.15) is 5.82 Å². The van der Waals surface area contributed by atoms with Crippen LogP contribution in [0.3, 0.4) is 0 Å². The number of halogens is 1. The first-order valence-electron chi connectivity index (χ1n) is 6.70. The van der Waals surface area contributed by atoms with Gasteiger partial charge in [0, 0.05) is 22.1 Å². The molecule has 0 fully saturated rings. The molecule has 0 radical (unpaired) electrons. The van der Waals surface area contributed by atoms with Crippen LogP contribution in [0.25, 0.3) is 0 Å². The molecule has 0 aromatic heterocycles. The largest absolute Gasteiger partial charge is 0.293 e. The Morgan fingerprint density at radius 3 is 2.38 bits per heavy atom. The highest BCUT2D eigenvalue weighted by Crippen LogP contribution is 2.15. The number of carbonyl (C=O) groups excluding carboxylic acids is 1. The van der Waals surface area contributed by atoms with Gasteiger partial charge in [-0.15, -0.1) is 0 Å². The Labute approximate surface area is 126 Å². The Morgan fingerprint density at radius 2 is 1.76 bits per heavy atom. The van der Waals surface area contributed by atoms with E-state index in [1.165, 1.54) is 24.3 Å². The summed E-state index contributed by atoms with van der Waals surface area (Å²) in [5, 5.41) is -0.616. The SMILES string of the molecule is Cc1ccccc1CS(=O)C(C)C(=O)c1ccc(F)cc1.